The van der Waals surface area contributed by atoms with Gasteiger partial charge in [-0.2, -0.15) is 0 Å². The molecule has 3 nitrogen and oxygen atoms in total. The molecule has 0 aliphatic heterocycles. The molecule has 3 heteroatoms. The second kappa shape index (κ2) is 10.3. The predicted molar refractivity (Wildman–Crippen MR) is 185 cm³/mol. The topological polar surface area (TPSA) is 27.3 Å². The third-order valence-corrected chi connectivity index (χ3v) is 8.69. The van der Waals surface area contributed by atoms with Crippen molar-refractivity contribution in [3.05, 3.63) is 164 Å². The highest BCUT2D eigenvalue weighted by Gasteiger charge is 2.18. The maximum atomic E-state index is 6.80. The highest BCUT2D eigenvalue weighted by molar-refractivity contribution is 6.11. The molecule has 0 fully saturated rings. The monoisotopic (exact) mass is 577 g/mol. The fourth-order valence-corrected chi connectivity index (χ4v) is 6.65. The van der Waals surface area contributed by atoms with Gasteiger partial charge < -0.3 is 13.7 Å². The Labute approximate surface area is 260 Å². The number of hydrogen-bond donors (Lipinski definition) is 0. The van der Waals surface area contributed by atoms with Gasteiger partial charge in [0.15, 0.2) is 0 Å². The summed E-state index contributed by atoms with van der Waals surface area (Å²) in [7, 11) is 0. The van der Waals surface area contributed by atoms with Crippen LogP contribution in [-0.2, 0) is 0 Å². The molecule has 2 aromatic heterocycles. The average molecular weight is 578 g/mol. The smallest absolute Gasteiger partial charge is 0.143 e. The van der Waals surface area contributed by atoms with Crippen molar-refractivity contribution in [1.29, 1.82) is 0 Å². The van der Waals surface area contributed by atoms with Crippen molar-refractivity contribution < 1.29 is 9.15 Å². The van der Waals surface area contributed by atoms with E-state index in [2.05, 4.69) is 126 Å². The van der Waals surface area contributed by atoms with E-state index in [1.54, 1.807) is 0 Å². The van der Waals surface area contributed by atoms with E-state index in [0.717, 1.165) is 61.4 Å². The minimum absolute atomic E-state index is 0.777. The lowest BCUT2D eigenvalue weighted by atomic mass is 10.0. The minimum atomic E-state index is 0.777. The Bertz CT molecular complexity index is 2520. The number of hydrogen-bond acceptors (Lipinski definition) is 2. The predicted octanol–water partition coefficient (Wildman–Crippen LogP) is 11.8. The number of ether oxygens (including phenoxy) is 1. The first-order valence-electron chi connectivity index (χ1n) is 15.2. The molecule has 0 atom stereocenters. The number of rotatable bonds is 5. The van der Waals surface area contributed by atoms with Crippen molar-refractivity contribution >= 4 is 43.7 Å². The summed E-state index contributed by atoms with van der Waals surface area (Å²) in [5, 5.41) is 4.64. The Hall–Kier alpha value is -6.06. The molecule has 2 heterocycles. The zero-order chi connectivity index (χ0) is 29.7. The molecule has 0 bridgehead atoms. The van der Waals surface area contributed by atoms with Gasteiger partial charge in [0, 0.05) is 43.9 Å². The van der Waals surface area contributed by atoms with Gasteiger partial charge in [0.25, 0.3) is 0 Å². The van der Waals surface area contributed by atoms with E-state index in [-0.39, 0.29) is 0 Å². The Kier molecular flexibility index (Phi) is 5.82. The third kappa shape index (κ3) is 4.13. The van der Waals surface area contributed by atoms with Crippen LogP contribution in [0.2, 0.25) is 0 Å². The minimum Gasteiger partial charge on any atom is -0.456 e. The van der Waals surface area contributed by atoms with Crippen molar-refractivity contribution in [3.8, 4) is 39.4 Å². The van der Waals surface area contributed by atoms with Gasteiger partial charge in [0.1, 0.15) is 22.7 Å². The van der Waals surface area contributed by atoms with E-state index in [1.807, 2.05) is 42.5 Å². The highest BCUT2D eigenvalue weighted by atomic mass is 16.5. The summed E-state index contributed by atoms with van der Waals surface area (Å²) in [4.78, 5) is 0. The van der Waals surface area contributed by atoms with Gasteiger partial charge in [0.2, 0.25) is 0 Å². The van der Waals surface area contributed by atoms with Crippen molar-refractivity contribution in [2.45, 2.75) is 0 Å². The molecule has 7 aromatic carbocycles. The molecule has 0 saturated heterocycles. The van der Waals surface area contributed by atoms with Crippen LogP contribution >= 0.6 is 0 Å². The van der Waals surface area contributed by atoms with Crippen molar-refractivity contribution in [2.24, 2.45) is 0 Å². The van der Waals surface area contributed by atoms with Crippen LogP contribution in [0.15, 0.2) is 168 Å². The van der Waals surface area contributed by atoms with Gasteiger partial charge in [-0.1, -0.05) is 115 Å². The number of para-hydroxylation sites is 6. The molecule has 0 spiro atoms. The quantitative estimate of drug-likeness (QED) is 0.203. The molecule has 0 amide bonds. The summed E-state index contributed by atoms with van der Waals surface area (Å²) >= 11 is 0. The molecule has 0 unspecified atom stereocenters. The molecule has 0 aliphatic rings. The second-order valence-corrected chi connectivity index (χ2v) is 11.3. The zero-order valence-electron chi connectivity index (χ0n) is 24.4. The summed E-state index contributed by atoms with van der Waals surface area (Å²) in [6, 6.07) is 56.9. The van der Waals surface area contributed by atoms with E-state index in [1.165, 1.54) is 21.8 Å². The van der Waals surface area contributed by atoms with Crippen LogP contribution in [0.25, 0.3) is 71.7 Å². The van der Waals surface area contributed by atoms with Gasteiger partial charge in [-0.05, 0) is 54.1 Å². The number of benzene rings is 7. The molecule has 212 valence electrons. The van der Waals surface area contributed by atoms with Crippen LogP contribution in [0.5, 0.6) is 11.5 Å². The zero-order valence-corrected chi connectivity index (χ0v) is 24.4. The third-order valence-electron chi connectivity index (χ3n) is 8.69. The number of nitrogens with zero attached hydrogens (tertiary/aromatic N) is 1. The van der Waals surface area contributed by atoms with Crippen LogP contribution in [0.1, 0.15) is 0 Å². The molecule has 0 aliphatic carbocycles. The van der Waals surface area contributed by atoms with Crippen molar-refractivity contribution in [2.75, 3.05) is 0 Å². The maximum absolute atomic E-state index is 6.80. The lowest BCUT2D eigenvalue weighted by Crippen LogP contribution is -1.93. The van der Waals surface area contributed by atoms with Crippen LogP contribution in [0.3, 0.4) is 0 Å². The van der Waals surface area contributed by atoms with Crippen molar-refractivity contribution in [3.63, 3.8) is 0 Å². The number of furan rings is 1. The fourth-order valence-electron chi connectivity index (χ4n) is 6.65. The summed E-state index contributed by atoms with van der Waals surface area (Å²) in [6.45, 7) is 0. The van der Waals surface area contributed by atoms with E-state index in [0.29, 0.717) is 0 Å². The second-order valence-electron chi connectivity index (χ2n) is 11.3. The van der Waals surface area contributed by atoms with Gasteiger partial charge in [-0.3, -0.25) is 0 Å². The largest absolute Gasteiger partial charge is 0.456 e. The summed E-state index contributed by atoms with van der Waals surface area (Å²) in [5.74, 6) is 1.58. The first-order valence-corrected chi connectivity index (χ1v) is 15.2. The van der Waals surface area contributed by atoms with Gasteiger partial charge in [-0.15, -0.1) is 0 Å². The molecule has 9 rings (SSSR count). The maximum Gasteiger partial charge on any atom is 0.143 e. The van der Waals surface area contributed by atoms with Gasteiger partial charge >= 0.3 is 0 Å². The fraction of sp³-hybridized carbons (Fsp3) is 0. The summed E-state index contributed by atoms with van der Waals surface area (Å²) in [6.07, 6.45) is 0. The Morgan fingerprint density at radius 1 is 0.422 bits per heavy atom. The summed E-state index contributed by atoms with van der Waals surface area (Å²) in [5.41, 5.74) is 9.39. The normalized spacial score (nSPS) is 11.6. The molecule has 0 radical (unpaired) electrons. The number of fused-ring (bicyclic) bond motifs is 6. The molecule has 0 saturated carbocycles. The lowest BCUT2D eigenvalue weighted by Gasteiger charge is -2.15. The molecular formula is C42H27NO2. The van der Waals surface area contributed by atoms with Crippen LogP contribution in [0.4, 0.5) is 0 Å². The molecular weight excluding hydrogens is 550 g/mol. The van der Waals surface area contributed by atoms with E-state index >= 15 is 0 Å². The first kappa shape index (κ1) is 25.4. The lowest BCUT2D eigenvalue weighted by molar-refractivity contribution is 0.486. The van der Waals surface area contributed by atoms with Crippen molar-refractivity contribution in [1.82, 2.24) is 4.57 Å². The first-order chi connectivity index (χ1) is 22.3. The van der Waals surface area contributed by atoms with Crippen LogP contribution < -0.4 is 4.74 Å². The number of aromatic nitrogens is 1. The van der Waals surface area contributed by atoms with Gasteiger partial charge in [-0.25, -0.2) is 0 Å². The molecule has 9 aromatic rings. The van der Waals surface area contributed by atoms with Crippen LogP contribution in [0, 0.1) is 0 Å². The van der Waals surface area contributed by atoms with E-state index in [4.69, 9.17) is 9.15 Å². The Balaban J connectivity index is 1.17. The SMILES string of the molecule is c1ccc(-n2c3ccccc3c3cc(-c4ccccc4Oc4ccccc4-c4cccc5c4oc4ccccc45)ccc32)cc1. The highest BCUT2D eigenvalue weighted by Crippen LogP contribution is 2.43. The standard InChI is InChI=1S/C42H27NO2/c1-2-13-29(14-3-1)43-37-21-8-4-16-31(37)36-27-28(25-26-38(36)43)30-15-5-9-22-39(30)44-40-23-10-6-17-32(40)34-19-12-20-35-33-18-7-11-24-41(33)45-42(34)35/h1-27H. The summed E-state index contributed by atoms with van der Waals surface area (Å²) < 4.78 is 15.5. The molecule has 0 N–H and O–H groups in total. The molecule has 45 heavy (non-hydrogen) atoms. The van der Waals surface area contributed by atoms with Crippen LogP contribution in [-0.4, -0.2) is 4.57 Å². The Morgan fingerprint density at radius 3 is 1.91 bits per heavy atom. The average Bonchev–Trinajstić information content (AvgIpc) is 3.65. The Morgan fingerprint density at radius 2 is 1.04 bits per heavy atom. The van der Waals surface area contributed by atoms with Gasteiger partial charge in [0.05, 0.1) is 11.0 Å². The van der Waals surface area contributed by atoms with E-state index < -0.39 is 0 Å². The van der Waals surface area contributed by atoms with E-state index in [9.17, 15) is 0 Å².